The number of esters is 1. The number of pyridine rings is 1. The number of hydrogen-bond donors (Lipinski definition) is 0. The number of likely N-dealkylation sites (tertiary alicyclic amines) is 1. The highest BCUT2D eigenvalue weighted by molar-refractivity contribution is 5.87. The molecule has 29 heavy (non-hydrogen) atoms. The molecule has 0 amide bonds. The topological polar surface area (TPSA) is 54.9 Å². The van der Waals surface area contributed by atoms with Crippen LogP contribution in [0.15, 0.2) is 18.3 Å². The van der Waals surface area contributed by atoms with E-state index in [0.717, 1.165) is 70.4 Å². The molecule has 1 aromatic heterocycles. The van der Waals surface area contributed by atoms with Gasteiger partial charge in [-0.3, -0.25) is 0 Å². The predicted molar refractivity (Wildman–Crippen MR) is 115 cm³/mol. The van der Waals surface area contributed by atoms with Gasteiger partial charge in [-0.05, 0) is 58.1 Å². The number of unbranched alkanes of at least 4 members (excludes halogenated alkanes) is 1. The number of ether oxygens (including phenoxy) is 2. The fourth-order valence-corrected chi connectivity index (χ4v) is 4.13. The van der Waals surface area contributed by atoms with E-state index in [1.165, 1.54) is 0 Å². The Labute approximate surface area is 175 Å². The monoisotopic (exact) mass is 403 g/mol. The summed E-state index contributed by atoms with van der Waals surface area (Å²) in [6.45, 7) is 11.3. The van der Waals surface area contributed by atoms with Crippen LogP contribution in [0.25, 0.3) is 0 Å². The van der Waals surface area contributed by atoms with Gasteiger partial charge < -0.3 is 19.3 Å². The van der Waals surface area contributed by atoms with Crippen molar-refractivity contribution in [3.05, 3.63) is 24.0 Å². The Morgan fingerprint density at radius 1 is 1.10 bits per heavy atom. The van der Waals surface area contributed by atoms with Crippen LogP contribution in [0, 0.1) is 0 Å². The van der Waals surface area contributed by atoms with Crippen molar-refractivity contribution in [2.24, 2.45) is 0 Å². The summed E-state index contributed by atoms with van der Waals surface area (Å²) in [5.41, 5.74) is 1.45. The van der Waals surface area contributed by atoms with Crippen molar-refractivity contribution in [3.63, 3.8) is 0 Å². The van der Waals surface area contributed by atoms with Gasteiger partial charge in [-0.25, -0.2) is 9.78 Å². The lowest BCUT2D eigenvalue weighted by atomic mass is 10.0. The Hall–Kier alpha value is -1.66. The molecule has 162 valence electrons. The molecule has 0 N–H and O–H groups in total. The zero-order valence-corrected chi connectivity index (χ0v) is 18.3. The van der Waals surface area contributed by atoms with Crippen LogP contribution in [0.1, 0.15) is 69.8 Å². The van der Waals surface area contributed by atoms with E-state index in [9.17, 15) is 4.79 Å². The minimum atomic E-state index is -0.333. The molecule has 2 aliphatic heterocycles. The molecule has 0 aromatic carbocycles. The van der Waals surface area contributed by atoms with Gasteiger partial charge in [0.25, 0.3) is 0 Å². The average Bonchev–Trinajstić information content (AvgIpc) is 2.75. The molecule has 3 rings (SSSR count). The molecule has 2 aliphatic rings. The maximum Gasteiger partial charge on any atom is 0.356 e. The molecule has 2 fully saturated rings. The first-order chi connectivity index (χ1) is 14.1. The first kappa shape index (κ1) is 22.0. The number of rotatable bonds is 8. The fraction of sp³-hybridized carbons (Fsp3) is 0.739. The van der Waals surface area contributed by atoms with Crippen LogP contribution in [0.4, 0.5) is 5.69 Å². The Bertz CT molecular complexity index is 619. The normalized spacial score (nSPS) is 19.7. The van der Waals surface area contributed by atoms with Crippen LogP contribution in [0.2, 0.25) is 0 Å². The zero-order valence-electron chi connectivity index (χ0n) is 18.3. The van der Waals surface area contributed by atoms with Gasteiger partial charge in [-0.2, -0.15) is 0 Å². The lowest BCUT2D eigenvalue weighted by Gasteiger charge is -2.38. The van der Waals surface area contributed by atoms with Crippen molar-refractivity contribution in [2.45, 2.75) is 77.5 Å². The molecule has 3 heterocycles. The van der Waals surface area contributed by atoms with Crippen LogP contribution in [-0.2, 0) is 9.47 Å². The van der Waals surface area contributed by atoms with Gasteiger partial charge >= 0.3 is 5.97 Å². The molecular weight excluding hydrogens is 366 g/mol. The minimum Gasteiger partial charge on any atom is -0.461 e. The van der Waals surface area contributed by atoms with E-state index in [0.29, 0.717) is 30.6 Å². The van der Waals surface area contributed by atoms with Crippen LogP contribution < -0.4 is 4.90 Å². The average molecular weight is 404 g/mol. The number of aromatic nitrogens is 1. The molecule has 6 nitrogen and oxygen atoms in total. The molecule has 0 unspecified atom stereocenters. The smallest absolute Gasteiger partial charge is 0.356 e. The number of nitrogens with zero attached hydrogens (tertiary/aromatic N) is 3. The van der Waals surface area contributed by atoms with Gasteiger partial charge in [0.1, 0.15) is 5.69 Å². The summed E-state index contributed by atoms with van der Waals surface area (Å²) in [6, 6.07) is 4.39. The summed E-state index contributed by atoms with van der Waals surface area (Å²) < 4.78 is 11.6. The number of hydrogen-bond acceptors (Lipinski definition) is 6. The summed E-state index contributed by atoms with van der Waals surface area (Å²) >= 11 is 0. The second-order valence-corrected chi connectivity index (χ2v) is 8.54. The zero-order chi connectivity index (χ0) is 20.6. The van der Waals surface area contributed by atoms with Gasteiger partial charge in [-0.1, -0.05) is 13.3 Å². The van der Waals surface area contributed by atoms with Gasteiger partial charge in [0.05, 0.1) is 30.7 Å². The standard InChI is InChI=1S/C23H37N3O3/c1-4-5-16-28-23(27)22-7-6-19(17-24-22)26-14-10-21(11-15-26)29-20-8-12-25(13-9-20)18(2)3/h6-7,17-18,20-21H,4-5,8-16H2,1-3H3. The van der Waals surface area contributed by atoms with Gasteiger partial charge in [0.15, 0.2) is 0 Å². The molecule has 0 saturated carbocycles. The first-order valence-corrected chi connectivity index (χ1v) is 11.3. The van der Waals surface area contributed by atoms with E-state index in [2.05, 4.69) is 35.6 Å². The highest BCUT2D eigenvalue weighted by Gasteiger charge is 2.26. The highest BCUT2D eigenvalue weighted by atomic mass is 16.5. The van der Waals surface area contributed by atoms with Gasteiger partial charge in [0, 0.05) is 32.2 Å². The van der Waals surface area contributed by atoms with Gasteiger partial charge in [0.2, 0.25) is 0 Å². The van der Waals surface area contributed by atoms with E-state index in [1.807, 2.05) is 6.07 Å². The van der Waals surface area contributed by atoms with Crippen molar-refractivity contribution >= 4 is 11.7 Å². The minimum absolute atomic E-state index is 0.333. The van der Waals surface area contributed by atoms with Crippen molar-refractivity contribution in [2.75, 3.05) is 37.7 Å². The van der Waals surface area contributed by atoms with Crippen molar-refractivity contribution in [3.8, 4) is 0 Å². The first-order valence-electron chi connectivity index (χ1n) is 11.3. The summed E-state index contributed by atoms with van der Waals surface area (Å²) in [5, 5.41) is 0. The molecule has 0 radical (unpaired) electrons. The summed E-state index contributed by atoms with van der Waals surface area (Å²) in [7, 11) is 0. The fourth-order valence-electron chi connectivity index (χ4n) is 4.13. The number of anilines is 1. The lowest BCUT2D eigenvalue weighted by molar-refractivity contribution is -0.0540. The van der Waals surface area contributed by atoms with E-state index in [-0.39, 0.29) is 5.97 Å². The third-order valence-corrected chi connectivity index (χ3v) is 6.09. The van der Waals surface area contributed by atoms with E-state index < -0.39 is 0 Å². The lowest BCUT2D eigenvalue weighted by Crippen LogP contribution is -2.43. The Morgan fingerprint density at radius 3 is 2.31 bits per heavy atom. The second kappa shape index (κ2) is 10.9. The molecule has 0 aliphatic carbocycles. The predicted octanol–water partition coefficient (Wildman–Crippen LogP) is 3.90. The number of carbonyl (C=O) groups excluding carboxylic acids is 1. The van der Waals surface area contributed by atoms with E-state index in [1.54, 1.807) is 12.3 Å². The van der Waals surface area contributed by atoms with Crippen molar-refractivity contribution in [1.82, 2.24) is 9.88 Å². The molecule has 0 spiro atoms. The van der Waals surface area contributed by atoms with Crippen LogP contribution in [0.3, 0.4) is 0 Å². The summed E-state index contributed by atoms with van der Waals surface area (Å²) in [5.74, 6) is -0.333. The molecule has 0 atom stereocenters. The maximum atomic E-state index is 12.0. The second-order valence-electron chi connectivity index (χ2n) is 8.54. The number of piperidine rings is 2. The molecule has 2 saturated heterocycles. The SMILES string of the molecule is CCCCOC(=O)c1ccc(N2CCC(OC3CCN(C(C)C)CC3)CC2)cn1. The van der Waals surface area contributed by atoms with Crippen molar-refractivity contribution in [1.29, 1.82) is 0 Å². The number of carbonyl (C=O) groups is 1. The quantitative estimate of drug-likeness (QED) is 0.485. The van der Waals surface area contributed by atoms with Crippen LogP contribution >= 0.6 is 0 Å². The molecule has 1 aromatic rings. The molecule has 6 heteroatoms. The van der Waals surface area contributed by atoms with E-state index >= 15 is 0 Å². The molecular formula is C23H37N3O3. The third kappa shape index (κ3) is 6.41. The Kier molecular flexibility index (Phi) is 8.30. The van der Waals surface area contributed by atoms with Crippen LogP contribution in [0.5, 0.6) is 0 Å². The summed E-state index contributed by atoms with van der Waals surface area (Å²) in [6.07, 6.45) is 8.86. The van der Waals surface area contributed by atoms with Gasteiger partial charge in [-0.15, -0.1) is 0 Å². The Balaban J connectivity index is 1.41. The van der Waals surface area contributed by atoms with Crippen molar-refractivity contribution < 1.29 is 14.3 Å². The highest BCUT2D eigenvalue weighted by Crippen LogP contribution is 2.24. The molecule has 0 bridgehead atoms. The largest absolute Gasteiger partial charge is 0.461 e. The summed E-state index contributed by atoms with van der Waals surface area (Å²) in [4.78, 5) is 21.2. The van der Waals surface area contributed by atoms with Crippen LogP contribution in [-0.4, -0.2) is 66.9 Å². The van der Waals surface area contributed by atoms with E-state index in [4.69, 9.17) is 9.47 Å². The Morgan fingerprint density at radius 2 is 1.76 bits per heavy atom. The maximum absolute atomic E-state index is 12.0. The third-order valence-electron chi connectivity index (χ3n) is 6.09.